The molecule has 3 N–H and O–H groups in total. The second kappa shape index (κ2) is 7.33. The third-order valence-electron chi connectivity index (χ3n) is 3.18. The highest BCUT2D eigenvalue weighted by Gasteiger charge is 2.38. The van der Waals surface area contributed by atoms with Crippen LogP contribution in [-0.2, 0) is 14.3 Å². The Kier molecular flexibility index (Phi) is 6.86. The summed E-state index contributed by atoms with van der Waals surface area (Å²) in [7, 11) is 1.45. The summed E-state index contributed by atoms with van der Waals surface area (Å²) in [6.45, 7) is 5.26. The van der Waals surface area contributed by atoms with Crippen LogP contribution < -0.4 is 5.32 Å². The van der Waals surface area contributed by atoms with E-state index >= 15 is 0 Å². The molecule has 2 atom stereocenters. The predicted molar refractivity (Wildman–Crippen MR) is 66.1 cm³/mol. The van der Waals surface area contributed by atoms with E-state index in [0.717, 1.165) is 0 Å². The number of carboxylic acid groups (broad SMARTS) is 1. The summed E-state index contributed by atoms with van der Waals surface area (Å²) in [5.74, 6) is -1.54. The molecule has 0 aliphatic heterocycles. The van der Waals surface area contributed by atoms with Crippen molar-refractivity contribution in [1.29, 1.82) is 0 Å². The molecule has 18 heavy (non-hydrogen) atoms. The average Bonchev–Trinajstić information content (AvgIpc) is 2.26. The molecular formula is C12H23NO5. The Bertz CT molecular complexity index is 292. The van der Waals surface area contributed by atoms with Crippen LogP contribution in [0.15, 0.2) is 0 Å². The summed E-state index contributed by atoms with van der Waals surface area (Å²) in [6.07, 6.45) is -0.895. The number of carbonyl (C=O) groups is 2. The van der Waals surface area contributed by atoms with Gasteiger partial charge in [0.1, 0.15) is 0 Å². The van der Waals surface area contributed by atoms with E-state index in [1.807, 2.05) is 0 Å². The number of amides is 1. The second-order valence-corrected chi connectivity index (χ2v) is 4.97. The van der Waals surface area contributed by atoms with Crippen molar-refractivity contribution < 1.29 is 24.5 Å². The number of hydrogen-bond acceptors (Lipinski definition) is 4. The molecule has 106 valence electrons. The van der Waals surface area contributed by atoms with Crippen LogP contribution in [0.2, 0.25) is 0 Å². The molecular weight excluding hydrogens is 238 g/mol. The Balaban J connectivity index is 4.33. The van der Waals surface area contributed by atoms with E-state index in [2.05, 4.69) is 5.32 Å². The molecule has 0 heterocycles. The molecule has 0 spiro atoms. The van der Waals surface area contributed by atoms with Gasteiger partial charge in [0.25, 0.3) is 0 Å². The first-order valence-electron chi connectivity index (χ1n) is 5.91. The average molecular weight is 261 g/mol. The summed E-state index contributed by atoms with van der Waals surface area (Å²) < 4.78 is 4.72. The van der Waals surface area contributed by atoms with Crippen LogP contribution in [0.1, 0.15) is 27.2 Å². The van der Waals surface area contributed by atoms with Crippen LogP contribution in [0.3, 0.4) is 0 Å². The molecule has 0 aliphatic rings. The molecule has 0 saturated heterocycles. The van der Waals surface area contributed by atoms with Crippen LogP contribution in [0.25, 0.3) is 0 Å². The largest absolute Gasteiger partial charge is 0.481 e. The van der Waals surface area contributed by atoms with Crippen molar-refractivity contribution in [2.75, 3.05) is 20.3 Å². The summed E-state index contributed by atoms with van der Waals surface area (Å²) >= 11 is 0. The lowest BCUT2D eigenvalue weighted by molar-refractivity contribution is -0.153. The number of carbonyl (C=O) groups excluding carboxylic acids is 1. The van der Waals surface area contributed by atoms with Gasteiger partial charge in [-0.1, -0.05) is 13.8 Å². The van der Waals surface area contributed by atoms with Gasteiger partial charge in [0.15, 0.2) is 0 Å². The summed E-state index contributed by atoms with van der Waals surface area (Å²) in [5.41, 5.74) is -1.10. The highest BCUT2D eigenvalue weighted by atomic mass is 16.5. The summed E-state index contributed by atoms with van der Waals surface area (Å²) in [5, 5.41) is 21.0. The van der Waals surface area contributed by atoms with E-state index in [0.29, 0.717) is 0 Å². The van der Waals surface area contributed by atoms with Crippen molar-refractivity contribution >= 4 is 11.9 Å². The van der Waals surface area contributed by atoms with E-state index in [1.165, 1.54) is 7.11 Å². The van der Waals surface area contributed by atoms with Crippen molar-refractivity contribution in [1.82, 2.24) is 5.32 Å². The molecule has 6 nitrogen and oxygen atoms in total. The highest BCUT2D eigenvalue weighted by Crippen LogP contribution is 2.31. The fraction of sp³-hybridized carbons (Fsp3) is 0.833. The highest BCUT2D eigenvalue weighted by molar-refractivity contribution is 5.84. The zero-order chi connectivity index (χ0) is 14.3. The smallest absolute Gasteiger partial charge is 0.310 e. The predicted octanol–water partition coefficient (Wildman–Crippen LogP) is 0.247. The lowest BCUT2D eigenvalue weighted by Gasteiger charge is -2.28. The number of hydrogen-bond donors (Lipinski definition) is 3. The van der Waals surface area contributed by atoms with Crippen molar-refractivity contribution in [2.24, 2.45) is 11.3 Å². The molecule has 0 rings (SSSR count). The van der Waals surface area contributed by atoms with E-state index in [9.17, 15) is 14.7 Å². The number of rotatable bonds is 8. The van der Waals surface area contributed by atoms with Gasteiger partial charge in [0, 0.05) is 20.1 Å². The van der Waals surface area contributed by atoms with E-state index in [4.69, 9.17) is 9.84 Å². The van der Waals surface area contributed by atoms with Gasteiger partial charge >= 0.3 is 5.97 Å². The number of aliphatic hydroxyl groups is 1. The number of methoxy groups -OCH3 is 1. The molecule has 0 saturated carbocycles. The Morgan fingerprint density at radius 1 is 1.39 bits per heavy atom. The van der Waals surface area contributed by atoms with Gasteiger partial charge in [-0.2, -0.15) is 0 Å². The molecule has 0 aliphatic carbocycles. The van der Waals surface area contributed by atoms with Crippen molar-refractivity contribution in [2.45, 2.75) is 33.3 Å². The SMILES string of the molecule is COCC(O)CNC(=O)CC(C)(C(=O)O)C(C)C. The third-order valence-corrected chi connectivity index (χ3v) is 3.18. The van der Waals surface area contributed by atoms with Gasteiger partial charge in [-0.3, -0.25) is 9.59 Å². The Labute approximate surface area is 107 Å². The Hall–Kier alpha value is -1.14. The molecule has 2 unspecified atom stereocenters. The first kappa shape index (κ1) is 16.9. The Morgan fingerprint density at radius 2 is 1.94 bits per heavy atom. The fourth-order valence-corrected chi connectivity index (χ4v) is 1.41. The summed E-state index contributed by atoms with van der Waals surface area (Å²) in [6, 6.07) is 0. The van der Waals surface area contributed by atoms with Gasteiger partial charge < -0.3 is 20.3 Å². The minimum absolute atomic E-state index is 0.0560. The van der Waals surface area contributed by atoms with Gasteiger partial charge in [0.05, 0.1) is 18.1 Å². The Morgan fingerprint density at radius 3 is 2.33 bits per heavy atom. The minimum atomic E-state index is -1.10. The topological polar surface area (TPSA) is 95.9 Å². The summed E-state index contributed by atoms with van der Waals surface area (Å²) in [4.78, 5) is 22.8. The zero-order valence-electron chi connectivity index (χ0n) is 11.4. The number of aliphatic hydroxyl groups excluding tert-OH is 1. The first-order valence-corrected chi connectivity index (χ1v) is 5.91. The monoisotopic (exact) mass is 261 g/mol. The second-order valence-electron chi connectivity index (χ2n) is 4.97. The van der Waals surface area contributed by atoms with Gasteiger partial charge in [0.2, 0.25) is 5.91 Å². The van der Waals surface area contributed by atoms with E-state index < -0.39 is 17.5 Å². The van der Waals surface area contributed by atoms with Crippen molar-refractivity contribution in [3.8, 4) is 0 Å². The molecule has 0 aromatic heterocycles. The molecule has 0 radical (unpaired) electrons. The molecule has 0 fully saturated rings. The van der Waals surface area contributed by atoms with Crippen LogP contribution in [-0.4, -0.2) is 48.5 Å². The van der Waals surface area contributed by atoms with Crippen LogP contribution in [0.4, 0.5) is 0 Å². The number of aliphatic carboxylic acids is 1. The van der Waals surface area contributed by atoms with E-state index in [-0.39, 0.29) is 31.4 Å². The van der Waals surface area contributed by atoms with Crippen molar-refractivity contribution in [3.05, 3.63) is 0 Å². The normalized spacial score (nSPS) is 16.1. The van der Waals surface area contributed by atoms with Gasteiger partial charge in [-0.25, -0.2) is 0 Å². The number of carboxylic acids is 1. The zero-order valence-corrected chi connectivity index (χ0v) is 11.4. The number of nitrogens with one attached hydrogen (secondary N) is 1. The molecule has 1 amide bonds. The van der Waals surface area contributed by atoms with Gasteiger partial charge in [-0.05, 0) is 12.8 Å². The van der Waals surface area contributed by atoms with E-state index in [1.54, 1.807) is 20.8 Å². The maximum Gasteiger partial charge on any atom is 0.310 e. The molecule has 0 aromatic carbocycles. The third kappa shape index (κ3) is 5.01. The first-order chi connectivity index (χ1) is 8.24. The standard InChI is InChI=1S/C12H23NO5/c1-8(2)12(3,11(16)17)5-10(15)13-6-9(14)7-18-4/h8-9,14H,5-7H2,1-4H3,(H,13,15)(H,16,17). The maximum absolute atomic E-state index is 11.6. The van der Waals surface area contributed by atoms with Crippen molar-refractivity contribution in [3.63, 3.8) is 0 Å². The lowest BCUT2D eigenvalue weighted by atomic mass is 9.76. The lowest BCUT2D eigenvalue weighted by Crippen LogP contribution is -2.41. The quantitative estimate of drug-likeness (QED) is 0.582. The molecule has 0 bridgehead atoms. The molecule has 6 heteroatoms. The van der Waals surface area contributed by atoms with Gasteiger partial charge in [-0.15, -0.1) is 0 Å². The minimum Gasteiger partial charge on any atom is -0.481 e. The number of ether oxygens (including phenoxy) is 1. The van der Waals surface area contributed by atoms with Crippen LogP contribution >= 0.6 is 0 Å². The van der Waals surface area contributed by atoms with Crippen LogP contribution in [0, 0.1) is 11.3 Å². The molecule has 0 aromatic rings. The maximum atomic E-state index is 11.6. The van der Waals surface area contributed by atoms with Crippen LogP contribution in [0.5, 0.6) is 0 Å². The fourth-order valence-electron chi connectivity index (χ4n) is 1.41.